The minimum absolute atomic E-state index is 0.0166. The molecular weight excluding hydrogens is 276 g/mol. The maximum atomic E-state index is 12.0. The fourth-order valence-corrected chi connectivity index (χ4v) is 2.44. The van der Waals surface area contributed by atoms with E-state index in [9.17, 15) is 9.59 Å². The predicted octanol–water partition coefficient (Wildman–Crippen LogP) is 2.04. The number of carbonyl (C=O) groups is 2. The van der Waals surface area contributed by atoms with Crippen LogP contribution in [0.5, 0.6) is 0 Å². The van der Waals surface area contributed by atoms with Gasteiger partial charge in [-0.15, -0.1) is 0 Å². The molecule has 2 rings (SSSR count). The summed E-state index contributed by atoms with van der Waals surface area (Å²) < 4.78 is 0. The van der Waals surface area contributed by atoms with Gasteiger partial charge in [0.15, 0.2) is 0 Å². The summed E-state index contributed by atoms with van der Waals surface area (Å²) in [6.07, 6.45) is 1.20. The van der Waals surface area contributed by atoms with Crippen molar-refractivity contribution in [3.8, 4) is 0 Å². The normalized spacial score (nSPS) is 20.4. The highest BCUT2D eigenvalue weighted by atomic mass is 35.5. The molecule has 0 heterocycles. The summed E-state index contributed by atoms with van der Waals surface area (Å²) in [5, 5.41) is 3.52. The van der Waals surface area contributed by atoms with E-state index in [1.54, 1.807) is 14.1 Å². The lowest BCUT2D eigenvalue weighted by Gasteiger charge is -2.10. The van der Waals surface area contributed by atoms with Gasteiger partial charge in [-0.25, -0.2) is 0 Å². The molecule has 1 N–H and O–H groups in total. The zero-order valence-corrected chi connectivity index (χ0v) is 12.5. The molecule has 0 bridgehead atoms. The zero-order chi connectivity index (χ0) is 14.7. The van der Waals surface area contributed by atoms with Crippen LogP contribution in [0.15, 0.2) is 24.3 Å². The SMILES string of the molecule is CN(C)C(=O)CCNC(=O)[C@H]1C[C@@H]1c1cccc(Cl)c1. The van der Waals surface area contributed by atoms with Gasteiger partial charge >= 0.3 is 0 Å². The van der Waals surface area contributed by atoms with Crippen molar-refractivity contribution >= 4 is 23.4 Å². The predicted molar refractivity (Wildman–Crippen MR) is 78.6 cm³/mol. The van der Waals surface area contributed by atoms with Crippen molar-refractivity contribution in [2.24, 2.45) is 5.92 Å². The van der Waals surface area contributed by atoms with Crippen LogP contribution in [-0.4, -0.2) is 37.4 Å². The highest BCUT2D eigenvalue weighted by Gasteiger charge is 2.43. The van der Waals surface area contributed by atoms with Crippen molar-refractivity contribution < 1.29 is 9.59 Å². The standard InChI is InChI=1S/C15H19ClN2O2/c1-18(2)14(19)6-7-17-15(20)13-9-12(13)10-4-3-5-11(16)8-10/h3-5,8,12-13H,6-7,9H2,1-2H3,(H,17,20)/t12-,13+/m1/s1. The second kappa shape index (κ2) is 6.27. The Morgan fingerprint density at radius 1 is 1.40 bits per heavy atom. The maximum absolute atomic E-state index is 12.0. The Kier molecular flexibility index (Phi) is 4.65. The lowest BCUT2D eigenvalue weighted by Crippen LogP contribution is -2.31. The molecule has 1 aliphatic carbocycles. The summed E-state index contributed by atoms with van der Waals surface area (Å²) in [5.41, 5.74) is 1.11. The number of carbonyl (C=O) groups excluding carboxylic acids is 2. The highest BCUT2D eigenvalue weighted by molar-refractivity contribution is 6.30. The van der Waals surface area contributed by atoms with E-state index in [4.69, 9.17) is 11.6 Å². The van der Waals surface area contributed by atoms with Crippen LogP contribution in [0.3, 0.4) is 0 Å². The van der Waals surface area contributed by atoms with Crippen LogP contribution in [-0.2, 0) is 9.59 Å². The fraction of sp³-hybridized carbons (Fsp3) is 0.467. The molecule has 1 aromatic carbocycles. The van der Waals surface area contributed by atoms with E-state index in [-0.39, 0.29) is 23.7 Å². The second-order valence-corrected chi connectivity index (χ2v) is 5.77. The van der Waals surface area contributed by atoms with Crippen molar-refractivity contribution in [3.63, 3.8) is 0 Å². The smallest absolute Gasteiger partial charge is 0.223 e. The molecule has 1 fully saturated rings. The Hall–Kier alpha value is -1.55. The first-order valence-electron chi connectivity index (χ1n) is 6.72. The van der Waals surface area contributed by atoms with Crippen molar-refractivity contribution in [2.45, 2.75) is 18.8 Å². The molecule has 0 aromatic heterocycles. The zero-order valence-electron chi connectivity index (χ0n) is 11.7. The molecule has 0 unspecified atom stereocenters. The summed E-state index contributed by atoms with van der Waals surface area (Å²) in [5.74, 6) is 0.329. The Balaban J connectivity index is 1.77. The van der Waals surface area contributed by atoms with Gasteiger partial charge in [0.05, 0.1) is 0 Å². The average molecular weight is 295 g/mol. The maximum Gasteiger partial charge on any atom is 0.223 e. The first-order chi connectivity index (χ1) is 9.49. The molecule has 0 radical (unpaired) electrons. The minimum atomic E-state index is 0.0166. The average Bonchev–Trinajstić information content (AvgIpc) is 3.18. The molecule has 1 aliphatic rings. The molecule has 0 spiro atoms. The van der Waals surface area contributed by atoms with Crippen molar-refractivity contribution in [1.29, 1.82) is 0 Å². The van der Waals surface area contributed by atoms with Crippen molar-refractivity contribution in [3.05, 3.63) is 34.9 Å². The topological polar surface area (TPSA) is 49.4 Å². The number of halogens is 1. The van der Waals surface area contributed by atoms with Gasteiger partial charge < -0.3 is 10.2 Å². The molecule has 0 aliphatic heterocycles. The first-order valence-corrected chi connectivity index (χ1v) is 7.10. The van der Waals surface area contributed by atoms with Gasteiger partial charge in [-0.3, -0.25) is 9.59 Å². The number of rotatable bonds is 5. The second-order valence-electron chi connectivity index (χ2n) is 5.33. The largest absolute Gasteiger partial charge is 0.355 e. The summed E-state index contributed by atoms with van der Waals surface area (Å²) in [6.45, 7) is 0.397. The third-order valence-corrected chi connectivity index (χ3v) is 3.78. The summed E-state index contributed by atoms with van der Waals surface area (Å²) in [4.78, 5) is 24.9. The number of hydrogen-bond donors (Lipinski definition) is 1. The van der Waals surface area contributed by atoms with Gasteiger partial charge in [0.2, 0.25) is 11.8 Å². The third kappa shape index (κ3) is 3.73. The van der Waals surface area contributed by atoms with Gasteiger partial charge in [0.1, 0.15) is 0 Å². The van der Waals surface area contributed by atoms with E-state index in [0.717, 1.165) is 12.0 Å². The molecule has 108 valence electrons. The van der Waals surface area contributed by atoms with Crippen LogP contribution < -0.4 is 5.32 Å². The van der Waals surface area contributed by atoms with E-state index in [1.807, 2.05) is 24.3 Å². The van der Waals surface area contributed by atoms with E-state index >= 15 is 0 Å². The van der Waals surface area contributed by atoms with Gasteiger partial charge in [-0.05, 0) is 30.0 Å². The van der Waals surface area contributed by atoms with Crippen LogP contribution in [0, 0.1) is 5.92 Å². The third-order valence-electron chi connectivity index (χ3n) is 3.54. The fourth-order valence-electron chi connectivity index (χ4n) is 2.24. The lowest BCUT2D eigenvalue weighted by atomic mass is 10.1. The van der Waals surface area contributed by atoms with Crippen LogP contribution in [0.2, 0.25) is 5.02 Å². The van der Waals surface area contributed by atoms with E-state index in [2.05, 4.69) is 5.32 Å². The molecule has 1 saturated carbocycles. The summed E-state index contributed by atoms with van der Waals surface area (Å²) in [7, 11) is 3.42. The Labute approximate surface area is 124 Å². The van der Waals surface area contributed by atoms with Crippen LogP contribution in [0.25, 0.3) is 0 Å². The molecule has 20 heavy (non-hydrogen) atoms. The minimum Gasteiger partial charge on any atom is -0.355 e. The molecule has 5 heteroatoms. The Bertz CT molecular complexity index is 516. The van der Waals surface area contributed by atoms with Gasteiger partial charge in [0, 0.05) is 38.0 Å². The van der Waals surface area contributed by atoms with Gasteiger partial charge in [-0.2, -0.15) is 0 Å². The molecule has 2 amide bonds. The molecule has 2 atom stereocenters. The molecular formula is C15H19ClN2O2. The van der Waals surface area contributed by atoms with Crippen molar-refractivity contribution in [2.75, 3.05) is 20.6 Å². The Morgan fingerprint density at radius 2 is 2.15 bits per heavy atom. The molecule has 1 aromatic rings. The van der Waals surface area contributed by atoms with Gasteiger partial charge in [-0.1, -0.05) is 23.7 Å². The van der Waals surface area contributed by atoms with Crippen molar-refractivity contribution in [1.82, 2.24) is 10.2 Å². The number of amides is 2. The number of nitrogens with zero attached hydrogens (tertiary/aromatic N) is 1. The van der Waals surface area contributed by atoms with E-state index in [0.29, 0.717) is 18.0 Å². The summed E-state index contributed by atoms with van der Waals surface area (Å²) >= 11 is 5.95. The monoisotopic (exact) mass is 294 g/mol. The molecule has 0 saturated heterocycles. The van der Waals surface area contributed by atoms with Gasteiger partial charge in [0.25, 0.3) is 0 Å². The van der Waals surface area contributed by atoms with E-state index < -0.39 is 0 Å². The lowest BCUT2D eigenvalue weighted by molar-refractivity contribution is -0.128. The number of benzene rings is 1. The van der Waals surface area contributed by atoms with Crippen LogP contribution in [0.4, 0.5) is 0 Å². The summed E-state index contributed by atoms with van der Waals surface area (Å²) in [6, 6.07) is 7.64. The van der Waals surface area contributed by atoms with E-state index in [1.165, 1.54) is 4.90 Å². The quantitative estimate of drug-likeness (QED) is 0.903. The van der Waals surface area contributed by atoms with Crippen LogP contribution in [0.1, 0.15) is 24.3 Å². The van der Waals surface area contributed by atoms with Crippen LogP contribution >= 0.6 is 11.6 Å². The highest BCUT2D eigenvalue weighted by Crippen LogP contribution is 2.47. The number of hydrogen-bond acceptors (Lipinski definition) is 2. The first kappa shape index (κ1) is 14.9. The molecule has 4 nitrogen and oxygen atoms in total. The number of nitrogens with one attached hydrogen (secondary N) is 1. The Morgan fingerprint density at radius 3 is 2.80 bits per heavy atom.